The number of carbonyl (C=O) groups is 1. The lowest BCUT2D eigenvalue weighted by molar-refractivity contribution is -0.145. The van der Waals surface area contributed by atoms with Crippen molar-refractivity contribution < 1.29 is 23.4 Å². The summed E-state index contributed by atoms with van der Waals surface area (Å²) in [5.41, 5.74) is 2.00. The number of benzene rings is 1. The fourth-order valence-electron chi connectivity index (χ4n) is 3.52. The lowest BCUT2D eigenvalue weighted by Crippen LogP contribution is -2.37. The highest BCUT2D eigenvalue weighted by Crippen LogP contribution is 2.37. The van der Waals surface area contributed by atoms with Gasteiger partial charge in [-0.05, 0) is 31.9 Å². The number of hydrogen-bond donors (Lipinski definition) is 0. The average molecular weight is 436 g/mol. The molecule has 2 heterocycles. The molecule has 0 N–H and O–H groups in total. The van der Waals surface area contributed by atoms with Crippen molar-refractivity contribution in [1.82, 2.24) is 4.90 Å². The second-order valence-electron chi connectivity index (χ2n) is 7.01. The molecule has 3 rings (SSSR count). The molecule has 0 aliphatic carbocycles. The molecule has 0 bridgehead atoms. The molecular weight excluding hydrogens is 410 g/mol. The molecule has 1 aliphatic rings. The van der Waals surface area contributed by atoms with Crippen LogP contribution < -0.4 is 10.4 Å². The normalized spacial score (nSPS) is 14.6. The molecule has 0 saturated carbocycles. The monoisotopic (exact) mass is 435 g/mol. The molecular formula is C22H26ClNO6. The van der Waals surface area contributed by atoms with Crippen LogP contribution in [0.2, 0.25) is 5.02 Å². The number of rotatable bonds is 8. The number of hydrogen-bond acceptors (Lipinski definition) is 7. The number of allylic oxidation sites excluding steroid dienone is 1. The van der Waals surface area contributed by atoms with Gasteiger partial charge in [0.15, 0.2) is 6.61 Å². The van der Waals surface area contributed by atoms with Crippen molar-refractivity contribution >= 4 is 28.5 Å². The van der Waals surface area contributed by atoms with E-state index in [0.717, 1.165) is 24.0 Å². The van der Waals surface area contributed by atoms with Gasteiger partial charge in [0.1, 0.15) is 11.3 Å². The van der Waals surface area contributed by atoms with Crippen LogP contribution in [0.1, 0.15) is 23.6 Å². The van der Waals surface area contributed by atoms with Gasteiger partial charge in [-0.15, -0.1) is 6.58 Å². The molecule has 1 aromatic heterocycles. The van der Waals surface area contributed by atoms with E-state index in [0.29, 0.717) is 53.7 Å². The largest absolute Gasteiger partial charge is 0.480 e. The summed E-state index contributed by atoms with van der Waals surface area (Å²) in [6, 6.07) is 1.71. The second kappa shape index (κ2) is 10.1. The Balaban J connectivity index is 2.04. The Morgan fingerprint density at radius 3 is 2.73 bits per heavy atom. The van der Waals surface area contributed by atoms with Crippen molar-refractivity contribution in [3.8, 4) is 5.75 Å². The minimum atomic E-state index is -0.503. The van der Waals surface area contributed by atoms with E-state index in [9.17, 15) is 9.59 Å². The van der Waals surface area contributed by atoms with Gasteiger partial charge in [0, 0.05) is 30.6 Å². The van der Waals surface area contributed by atoms with Crippen LogP contribution in [0.25, 0.3) is 11.0 Å². The Labute approximate surface area is 180 Å². The number of halogens is 1. The maximum atomic E-state index is 12.8. The van der Waals surface area contributed by atoms with E-state index in [-0.39, 0.29) is 13.2 Å². The predicted molar refractivity (Wildman–Crippen MR) is 114 cm³/mol. The topological polar surface area (TPSA) is 78.2 Å². The van der Waals surface area contributed by atoms with Crippen LogP contribution in [-0.4, -0.2) is 50.4 Å². The maximum Gasteiger partial charge on any atom is 0.344 e. The molecule has 0 spiro atoms. The number of ether oxygens (including phenoxy) is 3. The minimum absolute atomic E-state index is 0.257. The molecule has 30 heavy (non-hydrogen) atoms. The van der Waals surface area contributed by atoms with Gasteiger partial charge in [0.25, 0.3) is 0 Å². The van der Waals surface area contributed by atoms with Crippen LogP contribution in [0, 0.1) is 6.92 Å². The van der Waals surface area contributed by atoms with E-state index in [4.69, 9.17) is 30.2 Å². The predicted octanol–water partition coefficient (Wildman–Crippen LogP) is 3.26. The summed E-state index contributed by atoms with van der Waals surface area (Å²) in [6.07, 6.45) is 2.03. The fourth-order valence-corrected chi connectivity index (χ4v) is 3.80. The highest BCUT2D eigenvalue weighted by atomic mass is 35.5. The molecule has 0 unspecified atom stereocenters. The summed E-state index contributed by atoms with van der Waals surface area (Å²) in [6.45, 7) is 10.7. The third-order valence-corrected chi connectivity index (χ3v) is 5.33. The fraction of sp³-hybridized carbons (Fsp3) is 0.455. The zero-order valence-electron chi connectivity index (χ0n) is 17.3. The Morgan fingerprint density at radius 2 is 2.07 bits per heavy atom. The van der Waals surface area contributed by atoms with Gasteiger partial charge in [-0.3, -0.25) is 4.90 Å². The van der Waals surface area contributed by atoms with E-state index >= 15 is 0 Å². The van der Waals surface area contributed by atoms with Gasteiger partial charge in [-0.25, -0.2) is 9.59 Å². The summed E-state index contributed by atoms with van der Waals surface area (Å²) in [4.78, 5) is 26.7. The van der Waals surface area contributed by atoms with Crippen molar-refractivity contribution in [1.29, 1.82) is 0 Å². The molecule has 7 nitrogen and oxygen atoms in total. The average Bonchev–Trinajstić information content (AvgIpc) is 2.73. The first-order valence-electron chi connectivity index (χ1n) is 9.93. The summed E-state index contributed by atoms with van der Waals surface area (Å²) < 4.78 is 21.6. The molecule has 1 aromatic carbocycles. The number of fused-ring (bicyclic) bond motifs is 1. The molecule has 2 aromatic rings. The van der Waals surface area contributed by atoms with E-state index in [1.807, 2.05) is 6.92 Å². The van der Waals surface area contributed by atoms with E-state index in [1.165, 1.54) is 0 Å². The molecule has 1 saturated heterocycles. The SMILES string of the molecule is C=CCc1c(OCC(=O)OCC)c(Cl)cc2c(C)c(CN3CCOCC3)c(=O)oc12. The van der Waals surface area contributed by atoms with Crippen molar-refractivity contribution in [2.24, 2.45) is 0 Å². The third kappa shape index (κ3) is 4.86. The number of aryl methyl sites for hydroxylation is 1. The van der Waals surface area contributed by atoms with Crippen LogP contribution in [0.15, 0.2) is 27.9 Å². The van der Waals surface area contributed by atoms with Crippen LogP contribution in [0.3, 0.4) is 0 Å². The number of nitrogens with zero attached hydrogens (tertiary/aromatic N) is 1. The summed E-state index contributed by atoms with van der Waals surface area (Å²) >= 11 is 6.50. The van der Waals surface area contributed by atoms with E-state index in [1.54, 1.807) is 19.1 Å². The number of carbonyl (C=O) groups excluding carboxylic acids is 1. The summed E-state index contributed by atoms with van der Waals surface area (Å²) in [5, 5.41) is 1.07. The van der Waals surface area contributed by atoms with Crippen molar-refractivity contribution in [3.63, 3.8) is 0 Å². The third-order valence-electron chi connectivity index (χ3n) is 5.05. The van der Waals surface area contributed by atoms with Gasteiger partial charge in [0.05, 0.1) is 30.4 Å². The summed E-state index contributed by atoms with van der Waals surface area (Å²) in [5.74, 6) is -0.211. The van der Waals surface area contributed by atoms with Gasteiger partial charge >= 0.3 is 11.6 Å². The Bertz CT molecular complexity index is 994. The molecule has 0 amide bonds. The van der Waals surface area contributed by atoms with Gasteiger partial charge in [-0.1, -0.05) is 17.7 Å². The molecule has 8 heteroatoms. The zero-order chi connectivity index (χ0) is 21.7. The first kappa shape index (κ1) is 22.3. The van der Waals surface area contributed by atoms with Gasteiger partial charge in [0.2, 0.25) is 0 Å². The van der Waals surface area contributed by atoms with Crippen molar-refractivity contribution in [2.45, 2.75) is 26.8 Å². The van der Waals surface area contributed by atoms with E-state index in [2.05, 4.69) is 11.5 Å². The van der Waals surface area contributed by atoms with Crippen LogP contribution >= 0.6 is 11.6 Å². The Morgan fingerprint density at radius 1 is 1.33 bits per heavy atom. The minimum Gasteiger partial charge on any atom is -0.480 e. The molecule has 0 atom stereocenters. The van der Waals surface area contributed by atoms with Gasteiger partial charge in [-0.2, -0.15) is 0 Å². The molecule has 1 fully saturated rings. The second-order valence-corrected chi connectivity index (χ2v) is 7.42. The number of morpholine rings is 1. The quantitative estimate of drug-likeness (QED) is 0.357. The first-order chi connectivity index (χ1) is 14.5. The van der Waals surface area contributed by atoms with Crippen LogP contribution in [0.5, 0.6) is 5.75 Å². The van der Waals surface area contributed by atoms with Crippen molar-refractivity contribution in [3.05, 3.63) is 50.9 Å². The zero-order valence-corrected chi connectivity index (χ0v) is 18.0. The standard InChI is InChI=1S/C22H26ClNO6/c1-4-6-15-20-16(11-18(23)21(15)29-13-19(25)28-5-2)14(3)17(22(26)30-20)12-24-7-9-27-10-8-24/h4,11H,1,5-10,12-13H2,2-3H3. The molecule has 162 valence electrons. The van der Waals surface area contributed by atoms with Crippen molar-refractivity contribution in [2.75, 3.05) is 39.5 Å². The summed E-state index contributed by atoms with van der Waals surface area (Å²) in [7, 11) is 0. The smallest absolute Gasteiger partial charge is 0.344 e. The van der Waals surface area contributed by atoms with Gasteiger partial charge < -0.3 is 18.6 Å². The Kier molecular flexibility index (Phi) is 7.53. The highest BCUT2D eigenvalue weighted by molar-refractivity contribution is 6.33. The first-order valence-corrected chi connectivity index (χ1v) is 10.3. The number of esters is 1. The lowest BCUT2D eigenvalue weighted by Gasteiger charge is -2.26. The van der Waals surface area contributed by atoms with Crippen LogP contribution in [0.4, 0.5) is 0 Å². The molecule has 0 radical (unpaired) electrons. The maximum absolute atomic E-state index is 12.8. The molecule has 1 aliphatic heterocycles. The lowest BCUT2D eigenvalue weighted by atomic mass is 10.0. The Hall–Kier alpha value is -2.35. The highest BCUT2D eigenvalue weighted by Gasteiger charge is 2.22. The van der Waals surface area contributed by atoms with E-state index < -0.39 is 11.6 Å². The van der Waals surface area contributed by atoms with Crippen LogP contribution in [-0.2, 0) is 27.2 Å².